The number of likely N-dealkylation sites (N-methyl/N-ethyl adjacent to an activating group) is 1. The maximum atomic E-state index is 13.1. The Bertz CT molecular complexity index is 957. The number of alkyl halides is 3. The summed E-state index contributed by atoms with van der Waals surface area (Å²) in [5.74, 6) is -3.53. The van der Waals surface area contributed by atoms with Gasteiger partial charge < -0.3 is 20.3 Å². The number of carbonyl (C=O) groups excluding carboxylic acids is 1. The molecule has 12 heteroatoms. The van der Waals surface area contributed by atoms with E-state index in [9.17, 15) is 18.0 Å². The Morgan fingerprint density at radius 2 is 1.69 bits per heavy atom. The van der Waals surface area contributed by atoms with Crippen molar-refractivity contribution in [2.75, 3.05) is 26.0 Å². The largest absolute Gasteiger partial charge is 0.496 e. The predicted molar refractivity (Wildman–Crippen MR) is 110 cm³/mol. The molecule has 0 aliphatic rings. The summed E-state index contributed by atoms with van der Waals surface area (Å²) in [6, 6.07) is 10.5. The number of amides is 1. The van der Waals surface area contributed by atoms with Gasteiger partial charge in [0.15, 0.2) is 0 Å². The zero-order valence-electron chi connectivity index (χ0n) is 16.9. The van der Waals surface area contributed by atoms with Gasteiger partial charge in [0.1, 0.15) is 5.75 Å². The standard InChI is InChI=1S/C18H18ClF3N2O2.C2H2O4/c1-24(10-12-5-3-4-6-16(12)26-2)11-17(25)23-15-8-7-13(19)9-14(15)18(20,21)22;3-1(4)2(5)6/h3-9H,10-11H2,1-2H3,(H,23,25);(H,3,4)(H,5,6). The van der Waals surface area contributed by atoms with Crippen LogP contribution >= 0.6 is 11.6 Å². The van der Waals surface area contributed by atoms with Crippen molar-refractivity contribution in [3.8, 4) is 5.75 Å². The number of halogens is 4. The van der Waals surface area contributed by atoms with E-state index in [0.29, 0.717) is 12.3 Å². The summed E-state index contributed by atoms with van der Waals surface area (Å²) in [5.41, 5.74) is -0.434. The minimum atomic E-state index is -4.61. The lowest BCUT2D eigenvalue weighted by Crippen LogP contribution is -2.30. The summed E-state index contributed by atoms with van der Waals surface area (Å²) in [6.45, 7) is 0.322. The summed E-state index contributed by atoms with van der Waals surface area (Å²) < 4.78 is 44.5. The quantitative estimate of drug-likeness (QED) is 0.545. The molecule has 2 rings (SSSR count). The van der Waals surface area contributed by atoms with Crippen molar-refractivity contribution < 1.29 is 42.5 Å². The third kappa shape index (κ3) is 8.82. The summed E-state index contributed by atoms with van der Waals surface area (Å²) in [6.07, 6.45) is -4.61. The first-order valence-electron chi connectivity index (χ1n) is 8.78. The van der Waals surface area contributed by atoms with Crippen LogP contribution in [0, 0.1) is 0 Å². The molecule has 3 N–H and O–H groups in total. The minimum Gasteiger partial charge on any atom is -0.496 e. The highest BCUT2D eigenvalue weighted by Gasteiger charge is 2.34. The van der Waals surface area contributed by atoms with E-state index >= 15 is 0 Å². The number of para-hydroxylation sites is 1. The molecule has 0 saturated carbocycles. The van der Waals surface area contributed by atoms with Gasteiger partial charge in [-0.1, -0.05) is 29.8 Å². The molecule has 0 bridgehead atoms. The molecule has 0 fully saturated rings. The van der Waals surface area contributed by atoms with Crippen LogP contribution in [0.2, 0.25) is 5.02 Å². The fraction of sp³-hybridized carbons (Fsp3) is 0.250. The molecule has 0 saturated heterocycles. The van der Waals surface area contributed by atoms with Crippen LogP contribution in [0.5, 0.6) is 5.75 Å². The van der Waals surface area contributed by atoms with Crippen molar-refractivity contribution in [3.63, 3.8) is 0 Å². The number of ether oxygens (including phenoxy) is 1. The third-order valence-corrected chi connectivity index (χ3v) is 4.03. The molecule has 174 valence electrons. The number of nitrogens with one attached hydrogen (secondary N) is 1. The van der Waals surface area contributed by atoms with Gasteiger partial charge >= 0.3 is 18.1 Å². The van der Waals surface area contributed by atoms with E-state index in [1.165, 1.54) is 6.07 Å². The van der Waals surface area contributed by atoms with Gasteiger partial charge in [-0.05, 0) is 31.3 Å². The predicted octanol–water partition coefficient (Wildman–Crippen LogP) is 3.59. The van der Waals surface area contributed by atoms with E-state index in [4.69, 9.17) is 36.1 Å². The van der Waals surface area contributed by atoms with Crippen molar-refractivity contribution in [2.45, 2.75) is 12.7 Å². The van der Waals surface area contributed by atoms with Crippen LogP contribution < -0.4 is 10.1 Å². The maximum absolute atomic E-state index is 13.1. The fourth-order valence-electron chi connectivity index (χ4n) is 2.48. The topological polar surface area (TPSA) is 116 Å². The summed E-state index contributed by atoms with van der Waals surface area (Å²) in [7, 11) is 3.24. The number of hydrogen-bond acceptors (Lipinski definition) is 5. The van der Waals surface area contributed by atoms with Gasteiger partial charge in [0.2, 0.25) is 5.91 Å². The molecule has 0 aliphatic carbocycles. The second-order valence-electron chi connectivity index (χ2n) is 6.33. The first kappa shape index (κ1) is 26.7. The number of hydrogen-bond donors (Lipinski definition) is 3. The number of carboxylic acid groups (broad SMARTS) is 2. The molecule has 8 nitrogen and oxygen atoms in total. The van der Waals surface area contributed by atoms with Crippen LogP contribution in [0.15, 0.2) is 42.5 Å². The Labute approximate surface area is 186 Å². The van der Waals surface area contributed by atoms with Crippen molar-refractivity contribution in [1.82, 2.24) is 4.90 Å². The van der Waals surface area contributed by atoms with E-state index < -0.39 is 29.6 Å². The first-order chi connectivity index (χ1) is 14.8. The smallest absolute Gasteiger partial charge is 0.418 e. The summed E-state index contributed by atoms with van der Waals surface area (Å²) >= 11 is 5.63. The van der Waals surface area contributed by atoms with Crippen LogP contribution in [-0.4, -0.2) is 53.7 Å². The highest BCUT2D eigenvalue weighted by Crippen LogP contribution is 2.36. The van der Waals surface area contributed by atoms with Crippen LogP contribution in [0.4, 0.5) is 18.9 Å². The lowest BCUT2D eigenvalue weighted by Gasteiger charge is -2.19. The van der Waals surface area contributed by atoms with Crippen molar-refractivity contribution in [3.05, 3.63) is 58.6 Å². The number of benzene rings is 2. The van der Waals surface area contributed by atoms with Gasteiger partial charge in [-0.15, -0.1) is 0 Å². The zero-order valence-corrected chi connectivity index (χ0v) is 17.7. The molecule has 0 aliphatic heterocycles. The third-order valence-electron chi connectivity index (χ3n) is 3.79. The minimum absolute atomic E-state index is 0.0522. The maximum Gasteiger partial charge on any atom is 0.418 e. The van der Waals surface area contributed by atoms with Gasteiger partial charge in [0.05, 0.1) is 24.9 Å². The molecule has 1 amide bonds. The van der Waals surface area contributed by atoms with Gasteiger partial charge in [-0.25, -0.2) is 9.59 Å². The molecule has 2 aromatic carbocycles. The molecule has 0 aromatic heterocycles. The Hall–Kier alpha value is -3.31. The average Bonchev–Trinajstić information content (AvgIpc) is 2.69. The molecular weight excluding hydrogens is 457 g/mol. The Morgan fingerprint density at radius 1 is 1.09 bits per heavy atom. The van der Waals surface area contributed by atoms with Gasteiger partial charge in [0, 0.05) is 17.1 Å². The van der Waals surface area contributed by atoms with E-state index in [2.05, 4.69) is 5.32 Å². The first-order valence-corrected chi connectivity index (χ1v) is 9.16. The molecule has 0 radical (unpaired) electrons. The number of anilines is 1. The Kier molecular flexibility index (Phi) is 9.95. The van der Waals surface area contributed by atoms with Crippen LogP contribution in [0.3, 0.4) is 0 Å². The highest BCUT2D eigenvalue weighted by molar-refractivity contribution is 6.30. The highest BCUT2D eigenvalue weighted by atomic mass is 35.5. The number of carbonyl (C=O) groups is 3. The summed E-state index contributed by atoms with van der Waals surface area (Å²) in [5, 5.41) is 17.0. The van der Waals surface area contributed by atoms with E-state index in [-0.39, 0.29) is 17.3 Å². The monoisotopic (exact) mass is 476 g/mol. The van der Waals surface area contributed by atoms with Crippen molar-refractivity contribution in [2.24, 2.45) is 0 Å². The molecular formula is C20H20ClF3N2O6. The SMILES string of the molecule is COc1ccccc1CN(C)CC(=O)Nc1ccc(Cl)cc1C(F)(F)F.O=C(O)C(=O)O. The number of rotatable bonds is 6. The number of nitrogens with zero attached hydrogens (tertiary/aromatic N) is 1. The Balaban J connectivity index is 0.000000751. The normalized spacial score (nSPS) is 10.7. The second-order valence-corrected chi connectivity index (χ2v) is 6.77. The molecule has 32 heavy (non-hydrogen) atoms. The van der Waals surface area contributed by atoms with Crippen molar-refractivity contribution >= 4 is 35.1 Å². The molecule has 0 atom stereocenters. The zero-order chi connectivity index (χ0) is 24.5. The lowest BCUT2D eigenvalue weighted by molar-refractivity contribution is -0.159. The molecule has 0 spiro atoms. The van der Waals surface area contributed by atoms with Gasteiger partial charge in [-0.3, -0.25) is 9.69 Å². The van der Waals surface area contributed by atoms with Crippen molar-refractivity contribution in [1.29, 1.82) is 0 Å². The second kappa shape index (κ2) is 11.9. The fourth-order valence-corrected chi connectivity index (χ4v) is 2.65. The molecule has 0 unspecified atom stereocenters. The lowest BCUT2D eigenvalue weighted by atomic mass is 10.1. The van der Waals surface area contributed by atoms with Gasteiger partial charge in [-0.2, -0.15) is 13.2 Å². The molecule has 0 heterocycles. The van der Waals surface area contributed by atoms with Crippen LogP contribution in [-0.2, 0) is 27.1 Å². The number of methoxy groups -OCH3 is 1. The number of carboxylic acids is 2. The van der Waals surface area contributed by atoms with Gasteiger partial charge in [0.25, 0.3) is 0 Å². The summed E-state index contributed by atoms with van der Waals surface area (Å²) in [4.78, 5) is 32.0. The van der Waals surface area contributed by atoms with Crippen LogP contribution in [0.25, 0.3) is 0 Å². The van der Waals surface area contributed by atoms with Crippen LogP contribution in [0.1, 0.15) is 11.1 Å². The average molecular weight is 477 g/mol. The van der Waals surface area contributed by atoms with E-state index in [0.717, 1.165) is 17.7 Å². The Morgan fingerprint density at radius 3 is 2.22 bits per heavy atom. The van der Waals surface area contributed by atoms with E-state index in [1.54, 1.807) is 25.1 Å². The van der Waals surface area contributed by atoms with E-state index in [1.807, 2.05) is 18.2 Å². The number of aliphatic carboxylic acids is 2. The molecule has 2 aromatic rings.